The highest BCUT2D eigenvalue weighted by atomic mass is 35.5. The van der Waals surface area contributed by atoms with E-state index in [2.05, 4.69) is 5.32 Å². The molecule has 2 aromatic carbocycles. The van der Waals surface area contributed by atoms with Gasteiger partial charge in [-0.15, -0.1) is 0 Å². The van der Waals surface area contributed by atoms with Crippen LogP contribution >= 0.6 is 11.6 Å². The summed E-state index contributed by atoms with van der Waals surface area (Å²) in [6, 6.07) is 16.8. The number of aliphatic carboxylic acids is 1. The van der Waals surface area contributed by atoms with Crippen LogP contribution in [0.4, 0.5) is 0 Å². The number of carboxylic acids is 1. The lowest BCUT2D eigenvalue weighted by Gasteiger charge is -2.32. The van der Waals surface area contributed by atoms with Crippen LogP contribution in [-0.4, -0.2) is 35.5 Å². The van der Waals surface area contributed by atoms with Gasteiger partial charge in [-0.25, -0.2) is 4.79 Å². The van der Waals surface area contributed by atoms with Gasteiger partial charge >= 0.3 is 5.97 Å². The average molecular weight is 437 g/mol. The zero-order valence-electron chi connectivity index (χ0n) is 17.7. The van der Waals surface area contributed by atoms with E-state index in [0.717, 1.165) is 5.56 Å². The van der Waals surface area contributed by atoms with Crippen LogP contribution in [0.3, 0.4) is 0 Å². The van der Waals surface area contributed by atoms with Gasteiger partial charge in [0.25, 0.3) is 5.91 Å². The fourth-order valence-electron chi connectivity index (χ4n) is 3.78. The van der Waals surface area contributed by atoms with E-state index in [1.807, 2.05) is 42.5 Å². The first kappa shape index (κ1) is 22.4. The molecule has 1 atom stereocenters. The molecule has 0 saturated heterocycles. The minimum Gasteiger partial charge on any atom is -0.478 e. The standard InChI is InChI=1S/C25H25ClN2O3/c1-16-21(24(29)28(3)14-8-11-18-9-5-4-6-10-18)23(19-12-7-13-20(26)15-19)22(25(30)31)17(2)27-16/h4-13,15,23,27H,14H2,1-3H3,(H,30,31)/b11-8+. The largest absolute Gasteiger partial charge is 0.478 e. The SMILES string of the molecule is CC1=C(C(=O)O)C(c2cccc(Cl)c2)C(C(=O)N(C)C/C=C/c2ccccc2)=C(C)N1. The quantitative estimate of drug-likeness (QED) is 0.680. The summed E-state index contributed by atoms with van der Waals surface area (Å²) in [7, 11) is 1.71. The molecule has 0 radical (unpaired) electrons. The molecular weight excluding hydrogens is 412 g/mol. The Balaban J connectivity index is 1.94. The number of amides is 1. The van der Waals surface area contributed by atoms with Crippen molar-refractivity contribution in [1.29, 1.82) is 0 Å². The summed E-state index contributed by atoms with van der Waals surface area (Å²) < 4.78 is 0. The molecule has 1 aliphatic rings. The van der Waals surface area contributed by atoms with Gasteiger partial charge in [-0.2, -0.15) is 0 Å². The first-order chi connectivity index (χ1) is 14.8. The van der Waals surface area contributed by atoms with Crippen molar-refractivity contribution >= 4 is 29.6 Å². The van der Waals surface area contributed by atoms with E-state index in [9.17, 15) is 14.7 Å². The summed E-state index contributed by atoms with van der Waals surface area (Å²) in [6.45, 7) is 3.89. The van der Waals surface area contributed by atoms with E-state index in [4.69, 9.17) is 11.6 Å². The molecule has 1 amide bonds. The number of halogens is 1. The molecule has 31 heavy (non-hydrogen) atoms. The molecule has 0 bridgehead atoms. The highest BCUT2D eigenvalue weighted by Crippen LogP contribution is 2.39. The molecule has 0 spiro atoms. The molecular formula is C25H25ClN2O3. The summed E-state index contributed by atoms with van der Waals surface area (Å²) in [6.07, 6.45) is 3.86. The highest BCUT2D eigenvalue weighted by Gasteiger charge is 2.37. The van der Waals surface area contributed by atoms with Gasteiger partial charge in [0, 0.05) is 35.6 Å². The summed E-state index contributed by atoms with van der Waals surface area (Å²) in [5, 5.41) is 13.5. The second kappa shape index (κ2) is 9.67. The van der Waals surface area contributed by atoms with Crippen LogP contribution in [0.15, 0.2) is 83.2 Å². The maximum absolute atomic E-state index is 13.4. The zero-order chi connectivity index (χ0) is 22.5. The Hall–Kier alpha value is -3.31. The van der Waals surface area contributed by atoms with Crippen molar-refractivity contribution in [3.63, 3.8) is 0 Å². The smallest absolute Gasteiger partial charge is 0.334 e. The Labute approximate surface area is 187 Å². The number of carboxylic acid groups (broad SMARTS) is 1. The molecule has 1 unspecified atom stereocenters. The van der Waals surface area contributed by atoms with Crippen LogP contribution in [0, 0.1) is 0 Å². The van der Waals surface area contributed by atoms with Crippen LogP contribution in [0.2, 0.25) is 5.02 Å². The van der Waals surface area contributed by atoms with Gasteiger partial charge in [-0.1, -0.05) is 66.2 Å². The molecule has 3 rings (SSSR count). The van der Waals surface area contributed by atoms with Crippen molar-refractivity contribution in [2.24, 2.45) is 0 Å². The van der Waals surface area contributed by atoms with Crippen LogP contribution in [0.25, 0.3) is 6.08 Å². The summed E-state index contributed by atoms with van der Waals surface area (Å²) >= 11 is 6.18. The number of dihydropyridines is 1. The molecule has 5 nitrogen and oxygen atoms in total. The molecule has 0 aromatic heterocycles. The molecule has 0 saturated carbocycles. The lowest BCUT2D eigenvalue weighted by Crippen LogP contribution is -2.37. The number of carbonyl (C=O) groups excluding carboxylic acids is 1. The average Bonchev–Trinajstić information content (AvgIpc) is 2.73. The van der Waals surface area contributed by atoms with E-state index < -0.39 is 11.9 Å². The fraction of sp³-hybridized carbons (Fsp3) is 0.200. The number of carbonyl (C=O) groups is 2. The second-order valence-corrected chi connectivity index (χ2v) is 7.93. The van der Waals surface area contributed by atoms with Crippen molar-refractivity contribution in [3.05, 3.63) is 99.4 Å². The normalized spacial score (nSPS) is 16.5. The van der Waals surface area contributed by atoms with E-state index in [-0.39, 0.29) is 11.5 Å². The number of nitrogens with one attached hydrogen (secondary N) is 1. The van der Waals surface area contributed by atoms with E-state index in [1.165, 1.54) is 0 Å². The first-order valence-electron chi connectivity index (χ1n) is 9.94. The number of allylic oxidation sites excluding steroid dienone is 2. The third-order valence-electron chi connectivity index (χ3n) is 5.24. The van der Waals surface area contributed by atoms with Gasteiger partial charge in [-0.3, -0.25) is 4.79 Å². The number of hydrogen-bond acceptors (Lipinski definition) is 3. The third-order valence-corrected chi connectivity index (χ3v) is 5.47. The molecule has 160 valence electrons. The maximum Gasteiger partial charge on any atom is 0.334 e. The van der Waals surface area contributed by atoms with Crippen molar-refractivity contribution in [3.8, 4) is 0 Å². The lowest BCUT2D eigenvalue weighted by molar-refractivity contribution is -0.133. The van der Waals surface area contributed by atoms with E-state index >= 15 is 0 Å². The van der Waals surface area contributed by atoms with Gasteiger partial charge in [0.1, 0.15) is 0 Å². The molecule has 6 heteroatoms. The first-order valence-corrected chi connectivity index (χ1v) is 10.3. The van der Waals surface area contributed by atoms with Crippen molar-refractivity contribution < 1.29 is 14.7 Å². The van der Waals surface area contributed by atoms with E-state index in [1.54, 1.807) is 50.1 Å². The predicted molar refractivity (Wildman–Crippen MR) is 123 cm³/mol. The number of likely N-dealkylation sites (N-methyl/N-ethyl adjacent to an activating group) is 1. The fourth-order valence-corrected chi connectivity index (χ4v) is 3.98. The minimum atomic E-state index is -1.07. The van der Waals surface area contributed by atoms with Gasteiger partial charge in [0.15, 0.2) is 0 Å². The molecule has 2 aromatic rings. The number of hydrogen-bond donors (Lipinski definition) is 2. The van der Waals surface area contributed by atoms with Crippen molar-refractivity contribution in [2.45, 2.75) is 19.8 Å². The van der Waals surface area contributed by atoms with Crippen molar-refractivity contribution in [2.75, 3.05) is 13.6 Å². The summed E-state index contributed by atoms with van der Waals surface area (Å²) in [4.78, 5) is 27.1. The summed E-state index contributed by atoms with van der Waals surface area (Å²) in [5.74, 6) is -2.02. The second-order valence-electron chi connectivity index (χ2n) is 7.49. The highest BCUT2D eigenvalue weighted by molar-refractivity contribution is 6.30. The third kappa shape index (κ3) is 5.06. The molecule has 0 aliphatic carbocycles. The van der Waals surface area contributed by atoms with Gasteiger partial charge in [-0.05, 0) is 37.1 Å². The monoisotopic (exact) mass is 436 g/mol. The number of rotatable bonds is 6. The Morgan fingerprint density at radius 1 is 1.06 bits per heavy atom. The Morgan fingerprint density at radius 2 is 1.74 bits per heavy atom. The van der Waals surface area contributed by atoms with Crippen molar-refractivity contribution in [1.82, 2.24) is 10.2 Å². The number of benzene rings is 2. The Morgan fingerprint density at radius 3 is 2.39 bits per heavy atom. The van der Waals surface area contributed by atoms with Crippen LogP contribution < -0.4 is 5.32 Å². The molecule has 0 fully saturated rings. The topological polar surface area (TPSA) is 69.6 Å². The van der Waals surface area contributed by atoms with Gasteiger partial charge in [0.2, 0.25) is 0 Å². The minimum absolute atomic E-state index is 0.143. The zero-order valence-corrected chi connectivity index (χ0v) is 18.5. The van der Waals surface area contributed by atoms with Crippen LogP contribution in [0.5, 0.6) is 0 Å². The summed E-state index contributed by atoms with van der Waals surface area (Å²) in [5.41, 5.74) is 3.41. The van der Waals surface area contributed by atoms with Gasteiger partial charge < -0.3 is 15.3 Å². The lowest BCUT2D eigenvalue weighted by atomic mass is 9.80. The van der Waals surface area contributed by atoms with Gasteiger partial charge in [0.05, 0.1) is 11.5 Å². The number of nitrogens with zero attached hydrogens (tertiary/aromatic N) is 1. The van der Waals surface area contributed by atoms with Crippen LogP contribution in [0.1, 0.15) is 30.9 Å². The molecule has 2 N–H and O–H groups in total. The molecule has 1 aliphatic heterocycles. The van der Waals surface area contributed by atoms with Crippen LogP contribution in [-0.2, 0) is 9.59 Å². The van der Waals surface area contributed by atoms with E-state index in [0.29, 0.717) is 34.1 Å². The maximum atomic E-state index is 13.4. The predicted octanol–water partition coefficient (Wildman–Crippen LogP) is 4.83. The molecule has 1 heterocycles. The Bertz CT molecular complexity index is 1090. The Kier molecular flexibility index (Phi) is 6.98.